The number of nitrogens with one attached hydrogen (secondary N) is 2. The van der Waals surface area contributed by atoms with E-state index in [1.54, 1.807) is 0 Å². The average molecular weight is 277 g/mol. The number of rotatable bonds is 7. The molecule has 20 heavy (non-hydrogen) atoms. The third-order valence-corrected chi connectivity index (χ3v) is 3.30. The van der Waals surface area contributed by atoms with Crippen LogP contribution in [0.15, 0.2) is 12.1 Å². The number of carbonyl (C=O) groups excluding carboxylic acids is 1. The molecule has 1 aliphatic rings. The number of anilines is 3. The van der Waals surface area contributed by atoms with E-state index in [0.29, 0.717) is 12.1 Å². The van der Waals surface area contributed by atoms with Gasteiger partial charge in [0, 0.05) is 31.9 Å². The van der Waals surface area contributed by atoms with Crippen molar-refractivity contribution in [2.24, 2.45) is 0 Å². The highest BCUT2D eigenvalue weighted by Gasteiger charge is 2.16. The van der Waals surface area contributed by atoms with Gasteiger partial charge in [0.1, 0.15) is 0 Å². The zero-order valence-electron chi connectivity index (χ0n) is 12.0. The first-order chi connectivity index (χ1) is 9.70. The molecule has 0 spiro atoms. The molecule has 5 nitrogen and oxygen atoms in total. The number of benzene rings is 1. The number of aryl methyl sites for hydroxylation is 1. The Morgan fingerprint density at radius 1 is 1.35 bits per heavy atom. The summed E-state index contributed by atoms with van der Waals surface area (Å²) in [6.45, 7) is 4.52. The van der Waals surface area contributed by atoms with Gasteiger partial charge in [-0.2, -0.15) is 0 Å². The number of carbonyl (C=O) groups is 1. The van der Waals surface area contributed by atoms with E-state index in [2.05, 4.69) is 17.6 Å². The first-order valence-electron chi connectivity index (χ1n) is 7.24. The molecule has 1 aromatic rings. The number of nitrogen functional groups attached to an aromatic ring is 1. The van der Waals surface area contributed by atoms with Gasteiger partial charge in [-0.1, -0.05) is 6.92 Å². The highest BCUT2D eigenvalue weighted by atomic mass is 16.5. The molecule has 2 rings (SSSR count). The summed E-state index contributed by atoms with van der Waals surface area (Å²) in [4.78, 5) is 11.3. The van der Waals surface area contributed by atoms with E-state index in [4.69, 9.17) is 10.5 Å². The zero-order valence-corrected chi connectivity index (χ0v) is 12.0. The lowest BCUT2D eigenvalue weighted by atomic mass is 10.0. The average Bonchev–Trinajstić information content (AvgIpc) is 2.43. The number of fused-ring (bicyclic) bond motifs is 1. The van der Waals surface area contributed by atoms with Crippen LogP contribution < -0.4 is 16.4 Å². The second-order valence-corrected chi connectivity index (χ2v) is 5.04. The van der Waals surface area contributed by atoms with E-state index in [0.717, 1.165) is 56.0 Å². The fourth-order valence-electron chi connectivity index (χ4n) is 2.24. The van der Waals surface area contributed by atoms with Crippen molar-refractivity contribution >= 4 is 23.0 Å². The molecule has 0 aromatic heterocycles. The first-order valence-corrected chi connectivity index (χ1v) is 7.24. The summed E-state index contributed by atoms with van der Waals surface area (Å²) in [6.07, 6.45) is 3.32. The lowest BCUT2D eigenvalue weighted by Crippen LogP contribution is -2.19. The fraction of sp³-hybridized carbons (Fsp3) is 0.533. The third kappa shape index (κ3) is 3.87. The van der Waals surface area contributed by atoms with Crippen LogP contribution in [0.2, 0.25) is 0 Å². The van der Waals surface area contributed by atoms with Crippen LogP contribution in [0.1, 0.15) is 31.7 Å². The van der Waals surface area contributed by atoms with E-state index < -0.39 is 0 Å². The fourth-order valence-corrected chi connectivity index (χ4v) is 2.24. The predicted molar refractivity (Wildman–Crippen MR) is 82.0 cm³/mol. The van der Waals surface area contributed by atoms with Crippen molar-refractivity contribution in [3.63, 3.8) is 0 Å². The van der Waals surface area contributed by atoms with Gasteiger partial charge in [-0.25, -0.2) is 0 Å². The van der Waals surface area contributed by atoms with Crippen LogP contribution in [0.5, 0.6) is 0 Å². The molecule has 0 bridgehead atoms. The van der Waals surface area contributed by atoms with Crippen LogP contribution in [0.25, 0.3) is 0 Å². The van der Waals surface area contributed by atoms with Gasteiger partial charge in [0.15, 0.2) is 0 Å². The third-order valence-electron chi connectivity index (χ3n) is 3.30. The molecule has 0 saturated heterocycles. The van der Waals surface area contributed by atoms with Crippen molar-refractivity contribution in [1.82, 2.24) is 0 Å². The van der Waals surface area contributed by atoms with Crippen LogP contribution in [0, 0.1) is 0 Å². The molecule has 1 aromatic carbocycles. The Kier molecular flexibility index (Phi) is 5.24. The molecular weight excluding hydrogens is 254 g/mol. The summed E-state index contributed by atoms with van der Waals surface area (Å²) in [5.41, 5.74) is 9.60. The van der Waals surface area contributed by atoms with Crippen molar-refractivity contribution in [1.29, 1.82) is 0 Å². The first kappa shape index (κ1) is 14.7. The highest BCUT2D eigenvalue weighted by molar-refractivity contribution is 5.95. The minimum atomic E-state index is 0.0608. The summed E-state index contributed by atoms with van der Waals surface area (Å²) in [7, 11) is 0. The monoisotopic (exact) mass is 277 g/mol. The van der Waals surface area contributed by atoms with Crippen molar-refractivity contribution in [3.05, 3.63) is 17.7 Å². The molecule has 0 unspecified atom stereocenters. The van der Waals surface area contributed by atoms with Gasteiger partial charge in [0.2, 0.25) is 5.91 Å². The van der Waals surface area contributed by atoms with Crippen molar-refractivity contribution in [2.75, 3.05) is 36.1 Å². The quantitative estimate of drug-likeness (QED) is 0.528. The van der Waals surface area contributed by atoms with Gasteiger partial charge in [0.25, 0.3) is 0 Å². The smallest absolute Gasteiger partial charge is 0.224 e. The molecule has 110 valence electrons. The number of nitrogens with two attached hydrogens (primary N) is 1. The van der Waals surface area contributed by atoms with Gasteiger partial charge in [0.05, 0.1) is 11.4 Å². The van der Waals surface area contributed by atoms with Crippen LogP contribution in [-0.4, -0.2) is 25.7 Å². The van der Waals surface area contributed by atoms with Gasteiger partial charge >= 0.3 is 0 Å². The van der Waals surface area contributed by atoms with Crippen molar-refractivity contribution < 1.29 is 9.53 Å². The predicted octanol–water partition coefficient (Wildman–Crippen LogP) is 2.38. The Bertz CT molecular complexity index is 474. The highest BCUT2D eigenvalue weighted by Crippen LogP contribution is 2.30. The SMILES string of the molecule is CCCOCCCNc1cc2c(cc1N)NC(=O)CC2. The molecular formula is C15H23N3O2. The number of amides is 1. The topological polar surface area (TPSA) is 76.4 Å². The van der Waals surface area contributed by atoms with Gasteiger partial charge in [-0.3, -0.25) is 4.79 Å². The second-order valence-electron chi connectivity index (χ2n) is 5.04. The second kappa shape index (κ2) is 7.14. The lowest BCUT2D eigenvalue weighted by Gasteiger charge is -2.19. The van der Waals surface area contributed by atoms with Crippen molar-refractivity contribution in [3.8, 4) is 0 Å². The Morgan fingerprint density at radius 3 is 3.00 bits per heavy atom. The standard InChI is InChI=1S/C15H23N3O2/c1-2-7-20-8-3-6-17-14-9-11-4-5-15(19)18-13(11)10-12(14)16/h9-10,17H,2-8,16H2,1H3,(H,18,19). The van der Waals surface area contributed by atoms with E-state index in [9.17, 15) is 4.79 Å². The maximum Gasteiger partial charge on any atom is 0.224 e. The summed E-state index contributed by atoms with van der Waals surface area (Å²) in [5.74, 6) is 0.0608. The van der Waals surface area contributed by atoms with Crippen LogP contribution in [-0.2, 0) is 16.0 Å². The molecule has 0 radical (unpaired) electrons. The number of hydrogen-bond acceptors (Lipinski definition) is 4. The Balaban J connectivity index is 1.87. The van der Waals surface area contributed by atoms with Crippen LogP contribution >= 0.6 is 0 Å². The molecule has 5 heteroatoms. The van der Waals surface area contributed by atoms with E-state index >= 15 is 0 Å². The molecule has 4 N–H and O–H groups in total. The molecule has 1 aliphatic heterocycles. The normalized spacial score (nSPS) is 13.8. The zero-order chi connectivity index (χ0) is 14.4. The number of hydrogen-bond donors (Lipinski definition) is 3. The van der Waals surface area contributed by atoms with E-state index in [1.165, 1.54) is 0 Å². The number of ether oxygens (including phenoxy) is 1. The van der Waals surface area contributed by atoms with Gasteiger partial charge in [-0.15, -0.1) is 0 Å². The minimum Gasteiger partial charge on any atom is -0.397 e. The maximum atomic E-state index is 11.3. The molecule has 0 aliphatic carbocycles. The van der Waals surface area contributed by atoms with Crippen LogP contribution in [0.3, 0.4) is 0 Å². The maximum absolute atomic E-state index is 11.3. The minimum absolute atomic E-state index is 0.0608. The molecule has 0 atom stereocenters. The van der Waals surface area contributed by atoms with E-state index in [-0.39, 0.29) is 5.91 Å². The summed E-state index contributed by atoms with van der Waals surface area (Å²) < 4.78 is 5.43. The van der Waals surface area contributed by atoms with Gasteiger partial charge in [-0.05, 0) is 37.0 Å². The Morgan fingerprint density at radius 2 is 2.20 bits per heavy atom. The largest absolute Gasteiger partial charge is 0.397 e. The summed E-state index contributed by atoms with van der Waals surface area (Å²) in [5, 5.41) is 6.19. The van der Waals surface area contributed by atoms with Crippen LogP contribution in [0.4, 0.5) is 17.1 Å². The van der Waals surface area contributed by atoms with E-state index in [1.807, 2.05) is 12.1 Å². The molecule has 1 heterocycles. The molecule has 0 fully saturated rings. The summed E-state index contributed by atoms with van der Waals surface area (Å²) >= 11 is 0. The Labute approximate surface area is 119 Å². The van der Waals surface area contributed by atoms with Gasteiger partial charge < -0.3 is 21.1 Å². The molecule has 1 amide bonds. The summed E-state index contributed by atoms with van der Waals surface area (Å²) in [6, 6.07) is 3.87. The molecule has 0 saturated carbocycles. The lowest BCUT2D eigenvalue weighted by molar-refractivity contribution is -0.116. The van der Waals surface area contributed by atoms with Crippen molar-refractivity contribution in [2.45, 2.75) is 32.6 Å². The Hall–Kier alpha value is -1.75.